The molecular weight excluding hydrogens is 290 g/mol. The summed E-state index contributed by atoms with van der Waals surface area (Å²) in [6, 6.07) is 7.23. The number of carbonyl (C=O) groups excluding carboxylic acids is 2. The van der Waals surface area contributed by atoms with Crippen LogP contribution in [0.15, 0.2) is 24.3 Å². The first-order valence-corrected chi connectivity index (χ1v) is 7.04. The number of benzene rings is 1. The Hall–Kier alpha value is -1.59. The van der Waals surface area contributed by atoms with E-state index < -0.39 is 0 Å². The first kappa shape index (κ1) is 17.5. The van der Waals surface area contributed by atoms with Gasteiger partial charge in [-0.1, -0.05) is 0 Å². The molecular formula is C15H22ClN3O2. The van der Waals surface area contributed by atoms with E-state index in [1.165, 1.54) is 0 Å². The lowest BCUT2D eigenvalue weighted by Gasteiger charge is -2.07. The zero-order valence-electron chi connectivity index (χ0n) is 12.1. The molecule has 0 saturated heterocycles. The molecule has 0 radical (unpaired) electrons. The van der Waals surface area contributed by atoms with E-state index in [1.807, 2.05) is 19.2 Å². The fraction of sp³-hybridized carbons (Fsp3) is 0.467. The van der Waals surface area contributed by atoms with Crippen molar-refractivity contribution in [3.05, 3.63) is 24.3 Å². The second-order valence-corrected chi connectivity index (χ2v) is 5.10. The van der Waals surface area contributed by atoms with Gasteiger partial charge in [0.25, 0.3) is 0 Å². The van der Waals surface area contributed by atoms with E-state index >= 15 is 0 Å². The third kappa shape index (κ3) is 6.14. The van der Waals surface area contributed by atoms with Crippen molar-refractivity contribution in [1.82, 2.24) is 5.32 Å². The molecule has 1 aliphatic carbocycles. The van der Waals surface area contributed by atoms with Crippen molar-refractivity contribution in [1.29, 1.82) is 0 Å². The van der Waals surface area contributed by atoms with Gasteiger partial charge in [0, 0.05) is 23.7 Å². The van der Waals surface area contributed by atoms with Crippen LogP contribution in [0.25, 0.3) is 0 Å². The van der Waals surface area contributed by atoms with Crippen molar-refractivity contribution in [2.75, 3.05) is 24.2 Å². The van der Waals surface area contributed by atoms with Gasteiger partial charge in [-0.05, 0) is 57.1 Å². The van der Waals surface area contributed by atoms with Crippen LogP contribution in [0.1, 0.15) is 25.7 Å². The van der Waals surface area contributed by atoms with Crippen LogP contribution in [-0.4, -0.2) is 25.4 Å². The van der Waals surface area contributed by atoms with E-state index in [9.17, 15) is 9.59 Å². The van der Waals surface area contributed by atoms with Crippen LogP contribution < -0.4 is 16.0 Å². The highest BCUT2D eigenvalue weighted by molar-refractivity contribution is 5.95. The minimum absolute atomic E-state index is 0. The Morgan fingerprint density at radius 3 is 2.19 bits per heavy atom. The third-order valence-electron chi connectivity index (χ3n) is 3.21. The zero-order valence-corrected chi connectivity index (χ0v) is 13.0. The summed E-state index contributed by atoms with van der Waals surface area (Å²) < 4.78 is 0. The highest BCUT2D eigenvalue weighted by Crippen LogP contribution is 2.30. The lowest BCUT2D eigenvalue weighted by Crippen LogP contribution is -2.15. The molecule has 1 aromatic carbocycles. The molecule has 3 N–H and O–H groups in total. The van der Waals surface area contributed by atoms with Gasteiger partial charge in [-0.15, -0.1) is 12.4 Å². The van der Waals surface area contributed by atoms with Crippen molar-refractivity contribution in [3.8, 4) is 0 Å². The Morgan fingerprint density at radius 1 is 1.10 bits per heavy atom. The molecule has 0 spiro atoms. The number of anilines is 2. The maximum atomic E-state index is 11.6. The molecule has 5 nitrogen and oxygen atoms in total. The molecule has 21 heavy (non-hydrogen) atoms. The van der Waals surface area contributed by atoms with Crippen LogP contribution >= 0.6 is 12.4 Å². The minimum Gasteiger partial charge on any atom is -0.326 e. The van der Waals surface area contributed by atoms with Gasteiger partial charge in [0.15, 0.2) is 0 Å². The maximum Gasteiger partial charge on any atom is 0.227 e. The smallest absolute Gasteiger partial charge is 0.227 e. The second kappa shape index (κ2) is 8.64. The van der Waals surface area contributed by atoms with Crippen molar-refractivity contribution < 1.29 is 9.59 Å². The Kier molecular flexibility index (Phi) is 7.19. The van der Waals surface area contributed by atoms with Gasteiger partial charge in [0.05, 0.1) is 0 Å². The van der Waals surface area contributed by atoms with Crippen LogP contribution in [0.2, 0.25) is 0 Å². The van der Waals surface area contributed by atoms with Crippen molar-refractivity contribution in [2.45, 2.75) is 25.7 Å². The summed E-state index contributed by atoms with van der Waals surface area (Å²) in [7, 11) is 1.87. The van der Waals surface area contributed by atoms with E-state index in [-0.39, 0.29) is 30.1 Å². The summed E-state index contributed by atoms with van der Waals surface area (Å²) in [4.78, 5) is 23.2. The monoisotopic (exact) mass is 311 g/mol. The van der Waals surface area contributed by atoms with Gasteiger partial charge in [0.1, 0.15) is 0 Å². The normalized spacial score (nSPS) is 13.2. The van der Waals surface area contributed by atoms with Crippen LogP contribution in [0.5, 0.6) is 0 Å². The quantitative estimate of drug-likeness (QED) is 0.677. The number of hydrogen-bond donors (Lipinski definition) is 3. The number of nitrogens with one attached hydrogen (secondary N) is 3. The van der Waals surface area contributed by atoms with E-state index in [1.54, 1.807) is 12.1 Å². The molecule has 1 aromatic rings. The third-order valence-corrected chi connectivity index (χ3v) is 3.21. The Bertz CT molecular complexity index is 472. The first-order valence-electron chi connectivity index (χ1n) is 7.04. The summed E-state index contributed by atoms with van der Waals surface area (Å²) in [5, 5.41) is 8.71. The van der Waals surface area contributed by atoms with Gasteiger partial charge in [-0.3, -0.25) is 9.59 Å². The molecule has 0 aromatic heterocycles. The molecule has 1 saturated carbocycles. The molecule has 0 aliphatic heterocycles. The zero-order chi connectivity index (χ0) is 14.4. The molecule has 1 aliphatic rings. The van der Waals surface area contributed by atoms with Crippen molar-refractivity contribution >= 4 is 35.6 Å². The maximum absolute atomic E-state index is 11.6. The second-order valence-electron chi connectivity index (χ2n) is 5.10. The predicted octanol–water partition coefficient (Wildman–Crippen LogP) is 2.40. The van der Waals surface area contributed by atoms with Gasteiger partial charge in [-0.2, -0.15) is 0 Å². The number of halogens is 1. The summed E-state index contributed by atoms with van der Waals surface area (Å²) in [6.07, 6.45) is 3.30. The SMILES string of the molecule is CNCCCC(=O)Nc1ccc(NC(=O)C2CC2)cc1.Cl. The fourth-order valence-corrected chi connectivity index (χ4v) is 1.88. The van der Waals surface area contributed by atoms with Crippen LogP contribution in [0, 0.1) is 5.92 Å². The van der Waals surface area contributed by atoms with Gasteiger partial charge in [0.2, 0.25) is 11.8 Å². The molecule has 0 heterocycles. The Morgan fingerprint density at radius 2 is 1.67 bits per heavy atom. The van der Waals surface area contributed by atoms with E-state index in [0.29, 0.717) is 6.42 Å². The number of rotatable bonds is 7. The summed E-state index contributed by atoms with van der Waals surface area (Å²) >= 11 is 0. The fourth-order valence-electron chi connectivity index (χ4n) is 1.88. The van der Waals surface area contributed by atoms with Gasteiger partial charge >= 0.3 is 0 Å². The summed E-state index contributed by atoms with van der Waals surface area (Å²) in [6.45, 7) is 0.833. The molecule has 2 amide bonds. The first-order chi connectivity index (χ1) is 9.69. The lowest BCUT2D eigenvalue weighted by atomic mass is 10.2. The van der Waals surface area contributed by atoms with Gasteiger partial charge in [-0.25, -0.2) is 0 Å². The number of hydrogen-bond acceptors (Lipinski definition) is 3. The lowest BCUT2D eigenvalue weighted by molar-refractivity contribution is -0.117. The summed E-state index contributed by atoms with van der Waals surface area (Å²) in [5.41, 5.74) is 1.53. The molecule has 0 bridgehead atoms. The van der Waals surface area contributed by atoms with E-state index in [2.05, 4.69) is 16.0 Å². The van der Waals surface area contributed by atoms with Crippen molar-refractivity contribution in [3.63, 3.8) is 0 Å². The van der Waals surface area contributed by atoms with E-state index in [0.717, 1.165) is 37.2 Å². The number of carbonyl (C=O) groups is 2. The predicted molar refractivity (Wildman–Crippen MR) is 86.8 cm³/mol. The molecule has 0 unspecified atom stereocenters. The molecule has 6 heteroatoms. The van der Waals surface area contributed by atoms with Crippen LogP contribution in [0.3, 0.4) is 0 Å². The van der Waals surface area contributed by atoms with Crippen molar-refractivity contribution in [2.24, 2.45) is 5.92 Å². The molecule has 116 valence electrons. The van der Waals surface area contributed by atoms with Crippen LogP contribution in [0.4, 0.5) is 11.4 Å². The van der Waals surface area contributed by atoms with Crippen LogP contribution in [-0.2, 0) is 9.59 Å². The average Bonchev–Trinajstić information content (AvgIpc) is 3.26. The Labute approximate surface area is 131 Å². The molecule has 2 rings (SSSR count). The molecule has 0 atom stereocenters. The average molecular weight is 312 g/mol. The largest absolute Gasteiger partial charge is 0.326 e. The van der Waals surface area contributed by atoms with Gasteiger partial charge < -0.3 is 16.0 Å². The minimum atomic E-state index is 0. The van der Waals surface area contributed by atoms with E-state index in [4.69, 9.17) is 0 Å². The Balaban J connectivity index is 0.00000220. The molecule has 1 fully saturated rings. The number of amides is 2. The highest BCUT2D eigenvalue weighted by Gasteiger charge is 2.29. The topological polar surface area (TPSA) is 70.2 Å². The standard InChI is InChI=1S/C15H21N3O2.ClH/c1-16-10-2-3-14(19)17-12-6-8-13(9-7-12)18-15(20)11-4-5-11;/h6-9,11,16H,2-5,10H2,1H3,(H,17,19)(H,18,20);1H. The highest BCUT2D eigenvalue weighted by atomic mass is 35.5. The summed E-state index contributed by atoms with van der Waals surface area (Å²) in [5.74, 6) is 0.297.